The molecule has 7 nitrogen and oxygen atoms in total. The fourth-order valence-corrected chi connectivity index (χ4v) is 5.10. The number of pyridine rings is 2. The molecule has 2 aliphatic heterocycles. The van der Waals surface area contributed by atoms with E-state index in [9.17, 15) is 8.42 Å². The van der Waals surface area contributed by atoms with Crippen LogP contribution in [0.5, 0.6) is 0 Å². The number of fused-ring (bicyclic) bond motifs is 1. The van der Waals surface area contributed by atoms with E-state index in [1.165, 1.54) is 25.5 Å². The van der Waals surface area contributed by atoms with E-state index in [1.807, 2.05) is 13.1 Å². The van der Waals surface area contributed by atoms with Crippen LogP contribution in [0.25, 0.3) is 10.8 Å². The van der Waals surface area contributed by atoms with Gasteiger partial charge in [-0.15, -0.1) is 0 Å². The molecule has 28 heavy (non-hydrogen) atoms. The highest BCUT2D eigenvalue weighted by atomic mass is 32.2. The zero-order valence-electron chi connectivity index (χ0n) is 16.7. The third-order valence-electron chi connectivity index (χ3n) is 5.75. The van der Waals surface area contributed by atoms with Crippen LogP contribution in [0.2, 0.25) is 0 Å². The number of sulfonamides is 1. The zero-order valence-corrected chi connectivity index (χ0v) is 17.5. The molecule has 0 aromatic carbocycles. The number of nitrogens with one attached hydrogen (secondary N) is 1. The first-order valence-corrected chi connectivity index (χ1v) is 12.0. The Hall–Kier alpha value is -1.93. The van der Waals surface area contributed by atoms with E-state index in [0.717, 1.165) is 54.0 Å². The molecule has 0 amide bonds. The largest absolute Gasteiger partial charge is 0.367 e. The Balaban J connectivity index is 1.55. The van der Waals surface area contributed by atoms with E-state index in [-0.39, 0.29) is 6.04 Å². The van der Waals surface area contributed by atoms with Gasteiger partial charge < -0.3 is 10.2 Å². The monoisotopic (exact) mass is 403 g/mol. The molecule has 4 rings (SSSR count). The average molecular weight is 404 g/mol. The average Bonchev–Trinajstić information content (AvgIpc) is 2.68. The first kappa shape index (κ1) is 19.4. The summed E-state index contributed by atoms with van der Waals surface area (Å²) in [6.45, 7) is 5.27. The van der Waals surface area contributed by atoms with Crippen molar-refractivity contribution in [3.05, 3.63) is 24.0 Å². The molecule has 2 aromatic rings. The second-order valence-electron chi connectivity index (χ2n) is 8.01. The minimum atomic E-state index is -3.10. The molecular weight excluding hydrogens is 374 g/mol. The number of aryl methyl sites for hydroxylation is 1. The second-order valence-corrected chi connectivity index (χ2v) is 9.99. The number of hydrogen-bond donors (Lipinski definition) is 1. The van der Waals surface area contributed by atoms with Crippen LogP contribution >= 0.6 is 0 Å². The van der Waals surface area contributed by atoms with Gasteiger partial charge in [-0.3, -0.25) is 0 Å². The van der Waals surface area contributed by atoms with E-state index < -0.39 is 10.0 Å². The molecule has 4 heterocycles. The van der Waals surface area contributed by atoms with Gasteiger partial charge in [0.1, 0.15) is 11.6 Å². The lowest BCUT2D eigenvalue weighted by Gasteiger charge is -2.31. The molecule has 2 aromatic heterocycles. The Morgan fingerprint density at radius 2 is 1.79 bits per heavy atom. The van der Waals surface area contributed by atoms with Gasteiger partial charge in [0, 0.05) is 54.9 Å². The lowest BCUT2D eigenvalue weighted by Crippen LogP contribution is -2.41. The summed E-state index contributed by atoms with van der Waals surface area (Å²) in [6, 6.07) is 4.43. The van der Waals surface area contributed by atoms with Gasteiger partial charge >= 0.3 is 0 Å². The van der Waals surface area contributed by atoms with Crippen molar-refractivity contribution in [1.82, 2.24) is 14.3 Å². The van der Waals surface area contributed by atoms with Crippen molar-refractivity contribution in [2.24, 2.45) is 0 Å². The predicted octanol–water partition coefficient (Wildman–Crippen LogP) is 2.76. The van der Waals surface area contributed by atoms with E-state index in [0.29, 0.717) is 13.1 Å². The fourth-order valence-electron chi connectivity index (χ4n) is 4.23. The van der Waals surface area contributed by atoms with Crippen LogP contribution in [0.15, 0.2) is 18.3 Å². The highest BCUT2D eigenvalue weighted by Crippen LogP contribution is 2.30. The standard InChI is InChI=1S/C20H29N5O2S/c1-15-12-16-14-21-19(23-17-6-10-25(11-7-17)28(2,26)27)13-18(16)20(22-15)24-8-4-3-5-9-24/h12-14,17H,3-11H2,1-2H3,(H,21,23). The minimum Gasteiger partial charge on any atom is -0.367 e. The van der Waals surface area contributed by atoms with Crippen LogP contribution in [0.1, 0.15) is 37.8 Å². The summed E-state index contributed by atoms with van der Waals surface area (Å²) in [5, 5.41) is 5.76. The van der Waals surface area contributed by atoms with Gasteiger partial charge in [-0.2, -0.15) is 0 Å². The molecule has 1 N–H and O–H groups in total. The smallest absolute Gasteiger partial charge is 0.211 e. The summed E-state index contributed by atoms with van der Waals surface area (Å²) < 4.78 is 24.9. The molecular formula is C20H29N5O2S. The molecule has 0 aliphatic carbocycles. The van der Waals surface area contributed by atoms with Crippen molar-refractivity contribution in [2.45, 2.75) is 45.1 Å². The molecule has 0 bridgehead atoms. The summed E-state index contributed by atoms with van der Waals surface area (Å²) in [4.78, 5) is 11.8. The van der Waals surface area contributed by atoms with Crippen LogP contribution < -0.4 is 10.2 Å². The normalized spacial score (nSPS) is 19.9. The van der Waals surface area contributed by atoms with Gasteiger partial charge in [0.05, 0.1) is 6.26 Å². The van der Waals surface area contributed by atoms with Crippen molar-refractivity contribution >= 4 is 32.4 Å². The third-order valence-corrected chi connectivity index (χ3v) is 7.06. The maximum absolute atomic E-state index is 11.7. The van der Waals surface area contributed by atoms with Gasteiger partial charge in [0.25, 0.3) is 0 Å². The van der Waals surface area contributed by atoms with Gasteiger partial charge in [-0.1, -0.05) is 0 Å². The Bertz CT molecular complexity index is 948. The molecule has 0 atom stereocenters. The summed E-state index contributed by atoms with van der Waals surface area (Å²) >= 11 is 0. The third kappa shape index (κ3) is 4.22. The molecule has 0 unspecified atom stereocenters. The van der Waals surface area contributed by atoms with Crippen LogP contribution in [-0.4, -0.2) is 61.2 Å². The highest BCUT2D eigenvalue weighted by Gasteiger charge is 2.25. The Labute approximate surface area is 167 Å². The van der Waals surface area contributed by atoms with Crippen LogP contribution in [0.3, 0.4) is 0 Å². The van der Waals surface area contributed by atoms with Crippen molar-refractivity contribution in [2.75, 3.05) is 42.7 Å². The number of hydrogen-bond acceptors (Lipinski definition) is 6. The number of aromatic nitrogens is 2. The first-order chi connectivity index (χ1) is 13.4. The number of rotatable bonds is 4. The highest BCUT2D eigenvalue weighted by molar-refractivity contribution is 7.88. The maximum atomic E-state index is 11.7. The summed E-state index contributed by atoms with van der Waals surface area (Å²) in [7, 11) is -3.10. The molecule has 152 valence electrons. The van der Waals surface area contributed by atoms with Gasteiger partial charge in [0.2, 0.25) is 10.0 Å². The van der Waals surface area contributed by atoms with Gasteiger partial charge in [-0.05, 0) is 51.2 Å². The molecule has 8 heteroatoms. The molecule has 0 saturated carbocycles. The van der Waals surface area contributed by atoms with Crippen LogP contribution in [0.4, 0.5) is 11.6 Å². The number of anilines is 2. The quantitative estimate of drug-likeness (QED) is 0.846. The lowest BCUT2D eigenvalue weighted by molar-refractivity contribution is 0.331. The summed E-state index contributed by atoms with van der Waals surface area (Å²) in [5.41, 5.74) is 1.02. The zero-order chi connectivity index (χ0) is 19.7. The van der Waals surface area contributed by atoms with E-state index in [2.05, 4.69) is 27.3 Å². The van der Waals surface area contributed by atoms with Gasteiger partial charge in [0.15, 0.2) is 0 Å². The molecule has 2 aliphatic rings. The number of nitrogens with zero attached hydrogens (tertiary/aromatic N) is 4. The SMILES string of the molecule is Cc1cc2cnc(NC3CCN(S(C)(=O)=O)CC3)cc2c(N2CCCCC2)n1. The van der Waals surface area contributed by atoms with Crippen molar-refractivity contribution in [3.63, 3.8) is 0 Å². The molecule has 2 fully saturated rings. The maximum Gasteiger partial charge on any atom is 0.211 e. The fraction of sp³-hybridized carbons (Fsp3) is 0.600. The summed E-state index contributed by atoms with van der Waals surface area (Å²) in [5.74, 6) is 1.90. The second kappa shape index (κ2) is 7.83. The molecule has 0 spiro atoms. The Morgan fingerprint density at radius 3 is 2.46 bits per heavy atom. The first-order valence-electron chi connectivity index (χ1n) is 10.1. The summed E-state index contributed by atoms with van der Waals surface area (Å²) in [6.07, 6.45) is 8.50. The van der Waals surface area contributed by atoms with Crippen LogP contribution in [-0.2, 0) is 10.0 Å². The van der Waals surface area contributed by atoms with Crippen molar-refractivity contribution in [1.29, 1.82) is 0 Å². The molecule has 0 radical (unpaired) electrons. The topological polar surface area (TPSA) is 78.4 Å². The van der Waals surface area contributed by atoms with Crippen molar-refractivity contribution in [3.8, 4) is 0 Å². The van der Waals surface area contributed by atoms with Gasteiger partial charge in [-0.25, -0.2) is 22.7 Å². The predicted molar refractivity (Wildman–Crippen MR) is 113 cm³/mol. The van der Waals surface area contributed by atoms with E-state index in [4.69, 9.17) is 4.98 Å². The van der Waals surface area contributed by atoms with Crippen molar-refractivity contribution < 1.29 is 8.42 Å². The van der Waals surface area contributed by atoms with E-state index in [1.54, 1.807) is 4.31 Å². The number of piperidine rings is 2. The molecule has 2 saturated heterocycles. The minimum absolute atomic E-state index is 0.236. The van der Waals surface area contributed by atoms with E-state index >= 15 is 0 Å². The lowest BCUT2D eigenvalue weighted by atomic mass is 10.1. The van der Waals surface area contributed by atoms with Crippen LogP contribution in [0, 0.1) is 6.92 Å². The Morgan fingerprint density at radius 1 is 1.07 bits per heavy atom. The Kier molecular flexibility index (Phi) is 5.42.